The van der Waals surface area contributed by atoms with Crippen molar-refractivity contribution in [2.75, 3.05) is 48.8 Å². The maximum absolute atomic E-state index is 12.5. The fourth-order valence-electron chi connectivity index (χ4n) is 4.13. The second kappa shape index (κ2) is 11.9. The molecule has 190 valence electrons. The fraction of sp³-hybridized carbons (Fsp3) is 0.346. The van der Waals surface area contributed by atoms with Gasteiger partial charge in [0.05, 0.1) is 29.7 Å². The summed E-state index contributed by atoms with van der Waals surface area (Å²) in [5, 5.41) is 12.9. The molecule has 0 radical (unpaired) electrons. The molecule has 36 heavy (non-hydrogen) atoms. The largest absolute Gasteiger partial charge is 0.492 e. The Kier molecular flexibility index (Phi) is 8.45. The van der Waals surface area contributed by atoms with Gasteiger partial charge in [0, 0.05) is 37.4 Å². The van der Waals surface area contributed by atoms with Crippen molar-refractivity contribution in [1.29, 1.82) is 0 Å². The predicted molar refractivity (Wildman–Crippen MR) is 145 cm³/mol. The van der Waals surface area contributed by atoms with E-state index >= 15 is 0 Å². The molecule has 1 amide bonds. The molecule has 0 bridgehead atoms. The van der Waals surface area contributed by atoms with Gasteiger partial charge >= 0.3 is 0 Å². The van der Waals surface area contributed by atoms with Crippen LogP contribution < -0.4 is 30.9 Å². The third kappa shape index (κ3) is 5.98. The van der Waals surface area contributed by atoms with Crippen LogP contribution in [0.3, 0.4) is 0 Å². The minimum absolute atomic E-state index is 0.176. The number of nitrogens with one attached hydrogen (secondary N) is 4. The first-order valence-electron chi connectivity index (χ1n) is 12.1. The van der Waals surface area contributed by atoms with E-state index in [2.05, 4.69) is 42.2 Å². The van der Waals surface area contributed by atoms with Crippen molar-refractivity contribution < 1.29 is 9.53 Å². The molecule has 0 saturated carbocycles. The number of anilines is 5. The van der Waals surface area contributed by atoms with Crippen LogP contribution in [-0.4, -0.2) is 55.2 Å². The number of halogens is 1. The summed E-state index contributed by atoms with van der Waals surface area (Å²) < 4.78 is 5.93. The van der Waals surface area contributed by atoms with E-state index in [1.165, 1.54) is 6.20 Å². The van der Waals surface area contributed by atoms with E-state index in [1.807, 2.05) is 45.2 Å². The van der Waals surface area contributed by atoms with Gasteiger partial charge in [-0.05, 0) is 51.6 Å². The number of amides is 1. The number of benzene rings is 2. The quantitative estimate of drug-likeness (QED) is 0.315. The lowest BCUT2D eigenvalue weighted by atomic mass is 10.1. The van der Waals surface area contributed by atoms with Gasteiger partial charge in [0.25, 0.3) is 5.91 Å². The normalized spacial score (nSPS) is 15.0. The molecule has 10 heteroatoms. The Hall–Kier alpha value is -3.56. The Bertz CT molecular complexity index is 1210. The van der Waals surface area contributed by atoms with Gasteiger partial charge in [0.15, 0.2) is 5.82 Å². The van der Waals surface area contributed by atoms with Gasteiger partial charge in [-0.2, -0.15) is 4.98 Å². The molecule has 3 aromatic rings. The summed E-state index contributed by atoms with van der Waals surface area (Å²) in [5.41, 5.74) is 2.96. The van der Waals surface area contributed by atoms with Crippen LogP contribution in [0.2, 0.25) is 5.02 Å². The summed E-state index contributed by atoms with van der Waals surface area (Å²) in [6, 6.07) is 13.8. The minimum atomic E-state index is -0.176. The molecule has 0 unspecified atom stereocenters. The number of carbonyl (C=O) groups is 1. The summed E-state index contributed by atoms with van der Waals surface area (Å²) in [7, 11) is 2.00. The van der Waals surface area contributed by atoms with E-state index in [0.717, 1.165) is 36.6 Å². The highest BCUT2D eigenvalue weighted by atomic mass is 35.5. The predicted octanol–water partition coefficient (Wildman–Crippen LogP) is 4.56. The van der Waals surface area contributed by atoms with Crippen LogP contribution >= 0.6 is 11.6 Å². The third-order valence-corrected chi connectivity index (χ3v) is 6.26. The molecular formula is C26H32ClN7O2. The van der Waals surface area contributed by atoms with Crippen LogP contribution in [-0.2, 0) is 0 Å². The SMILES string of the molecule is CCNC(=O)c1ccccc1Nc1nc(Nc2ccc(N3CC[C@H](NC)C3)cc2OCC)ncc1Cl. The first-order valence-corrected chi connectivity index (χ1v) is 12.5. The summed E-state index contributed by atoms with van der Waals surface area (Å²) >= 11 is 6.39. The fourth-order valence-corrected chi connectivity index (χ4v) is 4.26. The Labute approximate surface area is 216 Å². The average Bonchev–Trinajstić information content (AvgIpc) is 3.37. The molecule has 1 saturated heterocycles. The highest BCUT2D eigenvalue weighted by Gasteiger charge is 2.22. The Morgan fingerprint density at radius 3 is 2.75 bits per heavy atom. The lowest BCUT2D eigenvalue weighted by Gasteiger charge is -2.21. The van der Waals surface area contributed by atoms with Gasteiger partial charge in [-0.3, -0.25) is 4.79 Å². The van der Waals surface area contributed by atoms with Gasteiger partial charge in [-0.15, -0.1) is 0 Å². The number of ether oxygens (including phenoxy) is 1. The maximum Gasteiger partial charge on any atom is 0.253 e. The minimum Gasteiger partial charge on any atom is -0.492 e. The van der Waals surface area contributed by atoms with Crippen LogP contribution in [0.25, 0.3) is 0 Å². The molecule has 0 aliphatic carbocycles. The molecule has 2 heterocycles. The molecule has 1 aromatic heterocycles. The molecule has 1 atom stereocenters. The smallest absolute Gasteiger partial charge is 0.253 e. The number of aromatic nitrogens is 2. The average molecular weight is 510 g/mol. The summed E-state index contributed by atoms with van der Waals surface area (Å²) in [6.45, 7) is 6.85. The summed E-state index contributed by atoms with van der Waals surface area (Å²) in [4.78, 5) is 23.7. The monoisotopic (exact) mass is 509 g/mol. The first kappa shape index (κ1) is 25.5. The zero-order chi connectivity index (χ0) is 25.5. The van der Waals surface area contributed by atoms with E-state index < -0.39 is 0 Å². The van der Waals surface area contributed by atoms with E-state index in [4.69, 9.17) is 16.3 Å². The van der Waals surface area contributed by atoms with E-state index in [0.29, 0.717) is 47.2 Å². The van der Waals surface area contributed by atoms with Crippen molar-refractivity contribution in [3.63, 3.8) is 0 Å². The van der Waals surface area contributed by atoms with E-state index in [1.54, 1.807) is 12.1 Å². The highest BCUT2D eigenvalue weighted by molar-refractivity contribution is 6.33. The number of hydrogen-bond acceptors (Lipinski definition) is 8. The molecule has 1 fully saturated rings. The maximum atomic E-state index is 12.5. The molecule has 1 aliphatic heterocycles. The Morgan fingerprint density at radius 1 is 1.17 bits per heavy atom. The number of hydrogen-bond donors (Lipinski definition) is 4. The second-order valence-electron chi connectivity index (χ2n) is 8.38. The number of rotatable bonds is 10. The van der Waals surface area contributed by atoms with Crippen molar-refractivity contribution in [2.45, 2.75) is 26.3 Å². The summed E-state index contributed by atoms with van der Waals surface area (Å²) in [5.74, 6) is 1.28. The van der Waals surface area contributed by atoms with Crippen molar-refractivity contribution in [3.05, 3.63) is 59.2 Å². The molecule has 4 N–H and O–H groups in total. The van der Waals surface area contributed by atoms with Crippen LogP contribution in [0, 0.1) is 0 Å². The zero-order valence-corrected chi connectivity index (χ0v) is 21.5. The third-order valence-electron chi connectivity index (χ3n) is 5.98. The molecule has 2 aromatic carbocycles. The standard InChI is InChI=1S/C26H32ClN7O2/c1-4-29-25(35)19-8-6-7-9-21(19)31-24-20(27)15-30-26(33-24)32-22-11-10-18(14-23(22)36-5-2)34-13-12-17(16-34)28-3/h6-11,14-15,17,28H,4-5,12-13,16H2,1-3H3,(H,29,35)(H2,30,31,32,33)/t17-/m0/s1. The Balaban J connectivity index is 1.56. The Morgan fingerprint density at radius 2 is 2.00 bits per heavy atom. The van der Waals surface area contributed by atoms with Crippen LogP contribution in [0.4, 0.5) is 28.8 Å². The molecule has 1 aliphatic rings. The van der Waals surface area contributed by atoms with Gasteiger partial charge in [-0.1, -0.05) is 23.7 Å². The molecule has 9 nitrogen and oxygen atoms in total. The molecule has 0 spiro atoms. The van der Waals surface area contributed by atoms with E-state index in [-0.39, 0.29) is 5.91 Å². The zero-order valence-electron chi connectivity index (χ0n) is 20.8. The molecular weight excluding hydrogens is 478 g/mol. The van der Waals surface area contributed by atoms with Gasteiger partial charge in [-0.25, -0.2) is 4.98 Å². The van der Waals surface area contributed by atoms with Gasteiger partial charge in [0.2, 0.25) is 5.95 Å². The number of nitrogens with zero attached hydrogens (tertiary/aromatic N) is 3. The lowest BCUT2D eigenvalue weighted by molar-refractivity contribution is 0.0956. The lowest BCUT2D eigenvalue weighted by Crippen LogP contribution is -2.29. The second-order valence-corrected chi connectivity index (χ2v) is 8.79. The van der Waals surface area contributed by atoms with Gasteiger partial charge < -0.3 is 30.9 Å². The number of para-hydroxylation sites is 1. The number of carbonyl (C=O) groups excluding carboxylic acids is 1. The van der Waals surface area contributed by atoms with Crippen molar-refractivity contribution in [2.24, 2.45) is 0 Å². The highest BCUT2D eigenvalue weighted by Crippen LogP contribution is 2.34. The van der Waals surface area contributed by atoms with Crippen molar-refractivity contribution in [3.8, 4) is 5.75 Å². The van der Waals surface area contributed by atoms with Crippen LogP contribution in [0.15, 0.2) is 48.7 Å². The first-order chi connectivity index (χ1) is 17.5. The summed E-state index contributed by atoms with van der Waals surface area (Å²) in [6.07, 6.45) is 2.63. The topological polar surface area (TPSA) is 103 Å². The molecule has 4 rings (SSSR count). The van der Waals surface area contributed by atoms with Crippen LogP contribution in [0.1, 0.15) is 30.6 Å². The van der Waals surface area contributed by atoms with E-state index in [9.17, 15) is 4.79 Å². The van der Waals surface area contributed by atoms with Crippen molar-refractivity contribution >= 4 is 46.3 Å². The van der Waals surface area contributed by atoms with Crippen LogP contribution in [0.5, 0.6) is 5.75 Å². The number of likely N-dealkylation sites (N-methyl/N-ethyl adjacent to an activating group) is 1. The van der Waals surface area contributed by atoms with Crippen molar-refractivity contribution in [1.82, 2.24) is 20.6 Å². The van der Waals surface area contributed by atoms with Gasteiger partial charge in [0.1, 0.15) is 10.8 Å².